The molecule has 4 aromatic rings. The highest BCUT2D eigenvalue weighted by Gasteiger charge is 2.13. The van der Waals surface area contributed by atoms with Crippen LogP contribution < -0.4 is 5.32 Å². The molecule has 2 heterocycles. The van der Waals surface area contributed by atoms with Gasteiger partial charge in [-0.2, -0.15) is 0 Å². The van der Waals surface area contributed by atoms with Gasteiger partial charge in [-0.1, -0.05) is 35.3 Å². The first-order valence-electron chi connectivity index (χ1n) is 9.10. The number of pyridine rings is 1. The van der Waals surface area contributed by atoms with Crippen molar-refractivity contribution < 1.29 is 4.79 Å². The highest BCUT2D eigenvalue weighted by atomic mass is 35.5. The monoisotopic (exact) mass is 424 g/mol. The van der Waals surface area contributed by atoms with Crippen LogP contribution in [0.4, 0.5) is 0 Å². The number of carbonyl (C=O) groups is 1. The lowest BCUT2D eigenvalue weighted by molar-refractivity contribution is 0.0950. The first-order valence-corrected chi connectivity index (χ1v) is 9.86. The molecule has 0 saturated heterocycles. The van der Waals surface area contributed by atoms with Crippen molar-refractivity contribution in [3.05, 3.63) is 93.5 Å². The van der Waals surface area contributed by atoms with Crippen LogP contribution in [0.25, 0.3) is 11.0 Å². The number of rotatable bonds is 5. The average molecular weight is 425 g/mol. The highest BCUT2D eigenvalue weighted by molar-refractivity contribution is 6.42. The minimum atomic E-state index is -0.155. The number of fused-ring (bicyclic) bond motifs is 1. The van der Waals surface area contributed by atoms with Gasteiger partial charge >= 0.3 is 0 Å². The number of aryl methyl sites for hydroxylation is 1. The molecule has 0 spiro atoms. The van der Waals surface area contributed by atoms with E-state index in [4.69, 9.17) is 23.2 Å². The summed E-state index contributed by atoms with van der Waals surface area (Å²) >= 11 is 12.2. The van der Waals surface area contributed by atoms with Gasteiger partial charge < -0.3 is 9.88 Å². The third-order valence-corrected chi connectivity index (χ3v) is 5.42. The van der Waals surface area contributed by atoms with Crippen molar-refractivity contribution in [3.63, 3.8) is 0 Å². The maximum Gasteiger partial charge on any atom is 0.251 e. The summed E-state index contributed by atoms with van der Waals surface area (Å²) in [6, 6.07) is 16.7. The lowest BCUT2D eigenvalue weighted by Crippen LogP contribution is -2.23. The molecule has 7 heteroatoms. The Morgan fingerprint density at radius 1 is 1.07 bits per heavy atom. The van der Waals surface area contributed by atoms with E-state index in [0.29, 0.717) is 28.7 Å². The van der Waals surface area contributed by atoms with Gasteiger partial charge in [-0.25, -0.2) is 4.98 Å². The number of nitrogens with one attached hydrogen (secondary N) is 1. The van der Waals surface area contributed by atoms with Crippen molar-refractivity contribution in [1.82, 2.24) is 19.9 Å². The van der Waals surface area contributed by atoms with Crippen LogP contribution in [-0.2, 0) is 13.1 Å². The summed E-state index contributed by atoms with van der Waals surface area (Å²) in [5.74, 6) is 0.703. The summed E-state index contributed by atoms with van der Waals surface area (Å²) in [4.78, 5) is 21.4. The Kier molecular flexibility index (Phi) is 5.51. The van der Waals surface area contributed by atoms with Crippen molar-refractivity contribution in [2.45, 2.75) is 20.0 Å². The third kappa shape index (κ3) is 4.26. The van der Waals surface area contributed by atoms with E-state index in [1.807, 2.05) is 49.4 Å². The van der Waals surface area contributed by atoms with E-state index in [0.717, 1.165) is 28.1 Å². The Bertz CT molecular complexity index is 1190. The van der Waals surface area contributed by atoms with E-state index >= 15 is 0 Å². The number of halogens is 2. The summed E-state index contributed by atoms with van der Waals surface area (Å²) in [6.07, 6.45) is 1.71. The Labute approximate surface area is 178 Å². The van der Waals surface area contributed by atoms with Crippen LogP contribution in [0.1, 0.15) is 27.4 Å². The minimum absolute atomic E-state index is 0.155. The zero-order chi connectivity index (χ0) is 20.4. The van der Waals surface area contributed by atoms with E-state index in [-0.39, 0.29) is 5.91 Å². The van der Waals surface area contributed by atoms with Gasteiger partial charge in [-0.15, -0.1) is 0 Å². The molecule has 29 heavy (non-hydrogen) atoms. The molecular formula is C22H18Cl2N4O. The second-order valence-electron chi connectivity index (χ2n) is 6.70. The maximum absolute atomic E-state index is 12.6. The molecule has 5 nitrogen and oxygen atoms in total. The van der Waals surface area contributed by atoms with E-state index in [1.165, 1.54) is 0 Å². The second kappa shape index (κ2) is 8.23. The van der Waals surface area contributed by atoms with Crippen molar-refractivity contribution in [1.29, 1.82) is 0 Å². The Hall–Kier alpha value is -2.89. The zero-order valence-corrected chi connectivity index (χ0v) is 17.2. The lowest BCUT2D eigenvalue weighted by Gasteiger charge is -2.09. The van der Waals surface area contributed by atoms with Crippen molar-refractivity contribution in [2.75, 3.05) is 0 Å². The molecule has 0 bridgehead atoms. The normalized spacial score (nSPS) is 11.0. The molecule has 4 rings (SSSR count). The SMILES string of the molecule is Cc1nc2ccc(C(=O)NCc3ccccn3)cc2n1Cc1ccc(Cl)c(Cl)c1. The van der Waals surface area contributed by atoms with Crippen LogP contribution in [0.15, 0.2) is 60.8 Å². The summed E-state index contributed by atoms with van der Waals surface area (Å²) < 4.78 is 2.06. The van der Waals surface area contributed by atoms with Gasteiger partial charge in [0.05, 0.1) is 33.3 Å². The first kappa shape index (κ1) is 19.4. The van der Waals surface area contributed by atoms with E-state index < -0.39 is 0 Å². The number of benzene rings is 2. The molecule has 2 aromatic carbocycles. The standard InChI is InChI=1S/C22H18Cl2N4O/c1-14-27-20-8-6-16(22(29)26-12-17-4-2-3-9-25-17)11-21(20)28(14)13-15-5-7-18(23)19(24)10-15/h2-11H,12-13H2,1H3,(H,26,29). The second-order valence-corrected chi connectivity index (χ2v) is 7.52. The van der Waals surface area contributed by atoms with Crippen LogP contribution in [0, 0.1) is 6.92 Å². The van der Waals surface area contributed by atoms with Crippen LogP contribution >= 0.6 is 23.2 Å². The maximum atomic E-state index is 12.6. The molecule has 1 N–H and O–H groups in total. The largest absolute Gasteiger partial charge is 0.346 e. The molecule has 0 atom stereocenters. The molecule has 0 unspecified atom stereocenters. The predicted molar refractivity (Wildman–Crippen MR) is 115 cm³/mol. The number of hydrogen-bond donors (Lipinski definition) is 1. The Morgan fingerprint density at radius 3 is 2.69 bits per heavy atom. The summed E-state index contributed by atoms with van der Waals surface area (Å²) in [6.45, 7) is 2.90. The van der Waals surface area contributed by atoms with Crippen LogP contribution in [0.2, 0.25) is 10.0 Å². The first-order chi connectivity index (χ1) is 14.0. The smallest absolute Gasteiger partial charge is 0.251 e. The van der Waals surface area contributed by atoms with Gasteiger partial charge in [-0.05, 0) is 55.0 Å². The number of amides is 1. The molecule has 0 aliphatic carbocycles. The third-order valence-electron chi connectivity index (χ3n) is 4.68. The topological polar surface area (TPSA) is 59.8 Å². The van der Waals surface area contributed by atoms with E-state index in [1.54, 1.807) is 18.3 Å². The van der Waals surface area contributed by atoms with E-state index in [9.17, 15) is 4.79 Å². The fraction of sp³-hybridized carbons (Fsp3) is 0.136. The molecule has 146 valence electrons. The molecule has 0 fully saturated rings. The minimum Gasteiger partial charge on any atom is -0.346 e. The van der Waals surface area contributed by atoms with Gasteiger partial charge in [0.1, 0.15) is 5.82 Å². The van der Waals surface area contributed by atoms with Crippen molar-refractivity contribution >= 4 is 40.1 Å². The predicted octanol–water partition coefficient (Wildman–Crippen LogP) is 5.02. The quantitative estimate of drug-likeness (QED) is 0.488. The number of nitrogens with zero attached hydrogens (tertiary/aromatic N) is 3. The number of imidazole rings is 1. The fourth-order valence-electron chi connectivity index (χ4n) is 3.18. The summed E-state index contributed by atoms with van der Waals surface area (Å²) in [7, 11) is 0. The molecule has 0 aliphatic rings. The lowest BCUT2D eigenvalue weighted by atomic mass is 10.1. The van der Waals surface area contributed by atoms with Crippen LogP contribution in [0.5, 0.6) is 0 Å². The van der Waals surface area contributed by atoms with Gasteiger partial charge in [0, 0.05) is 18.3 Å². The molecular weight excluding hydrogens is 407 g/mol. The van der Waals surface area contributed by atoms with Gasteiger partial charge in [0.2, 0.25) is 0 Å². The average Bonchev–Trinajstić information content (AvgIpc) is 3.04. The molecule has 0 saturated carbocycles. The molecule has 2 aromatic heterocycles. The molecule has 0 radical (unpaired) electrons. The van der Waals surface area contributed by atoms with Crippen LogP contribution in [0.3, 0.4) is 0 Å². The summed E-state index contributed by atoms with van der Waals surface area (Å²) in [5, 5.41) is 3.94. The molecule has 0 aliphatic heterocycles. The van der Waals surface area contributed by atoms with Gasteiger partial charge in [-0.3, -0.25) is 9.78 Å². The summed E-state index contributed by atoms with van der Waals surface area (Å²) in [5.41, 5.74) is 4.11. The highest BCUT2D eigenvalue weighted by Crippen LogP contribution is 2.25. The number of carbonyl (C=O) groups excluding carboxylic acids is 1. The fourth-order valence-corrected chi connectivity index (χ4v) is 3.50. The van der Waals surface area contributed by atoms with Crippen LogP contribution in [-0.4, -0.2) is 20.4 Å². The van der Waals surface area contributed by atoms with Gasteiger partial charge in [0.25, 0.3) is 5.91 Å². The molecule has 1 amide bonds. The Balaban J connectivity index is 1.60. The van der Waals surface area contributed by atoms with Gasteiger partial charge in [0.15, 0.2) is 0 Å². The zero-order valence-electron chi connectivity index (χ0n) is 15.7. The Morgan fingerprint density at radius 2 is 1.93 bits per heavy atom. The van der Waals surface area contributed by atoms with E-state index in [2.05, 4.69) is 19.9 Å². The number of aromatic nitrogens is 3. The van der Waals surface area contributed by atoms with Crippen molar-refractivity contribution in [2.24, 2.45) is 0 Å². The van der Waals surface area contributed by atoms with Crippen molar-refractivity contribution in [3.8, 4) is 0 Å². The number of hydrogen-bond acceptors (Lipinski definition) is 3.